The number of nitrogens with zero attached hydrogens (tertiary/aromatic N) is 4. The Hall–Kier alpha value is -1.92. The number of carbonyl (C=O) groups excluding carboxylic acids is 1. The van der Waals surface area contributed by atoms with E-state index in [-0.39, 0.29) is 12.0 Å². The van der Waals surface area contributed by atoms with E-state index in [0.29, 0.717) is 13.2 Å². The topological polar surface area (TPSA) is 78.6 Å². The number of aromatic nitrogens is 3. The summed E-state index contributed by atoms with van der Waals surface area (Å²) in [6.07, 6.45) is 3.06. The van der Waals surface area contributed by atoms with Crippen LogP contribution >= 0.6 is 0 Å². The molecule has 0 bridgehead atoms. The first-order valence-electron chi connectivity index (χ1n) is 6.11. The highest BCUT2D eigenvalue weighted by molar-refractivity contribution is 5.88. The van der Waals surface area contributed by atoms with Crippen LogP contribution in [0.4, 0.5) is 0 Å². The monoisotopic (exact) mass is 268 g/mol. The highest BCUT2D eigenvalue weighted by Crippen LogP contribution is 2.17. The predicted molar refractivity (Wildman–Crippen MR) is 69.5 cm³/mol. The van der Waals surface area contributed by atoms with Crippen LogP contribution in [0, 0.1) is 5.41 Å². The molecule has 0 amide bonds. The molecule has 1 heterocycles. The van der Waals surface area contributed by atoms with Crippen LogP contribution in [0.15, 0.2) is 17.8 Å². The van der Waals surface area contributed by atoms with Gasteiger partial charge >= 0.3 is 5.97 Å². The third kappa shape index (κ3) is 5.50. The number of hydrogen-bond acceptors (Lipinski definition) is 6. The fraction of sp³-hybridized carbons (Fsp3) is 0.667. The average molecular weight is 268 g/mol. The van der Waals surface area contributed by atoms with E-state index in [9.17, 15) is 4.79 Å². The van der Waals surface area contributed by atoms with Crippen LogP contribution in [0.1, 0.15) is 27.7 Å². The van der Waals surface area contributed by atoms with Crippen LogP contribution < -0.4 is 0 Å². The van der Waals surface area contributed by atoms with E-state index >= 15 is 0 Å². The van der Waals surface area contributed by atoms with Gasteiger partial charge in [0, 0.05) is 5.41 Å². The quantitative estimate of drug-likeness (QED) is 0.441. The molecular weight excluding hydrogens is 248 g/mol. The minimum Gasteiger partial charge on any atom is -0.463 e. The second-order valence-electron chi connectivity index (χ2n) is 4.96. The van der Waals surface area contributed by atoms with Crippen molar-refractivity contribution in [2.24, 2.45) is 10.6 Å². The van der Waals surface area contributed by atoms with Crippen molar-refractivity contribution in [1.29, 1.82) is 0 Å². The fourth-order valence-electron chi connectivity index (χ4n) is 1.24. The third-order valence-electron chi connectivity index (χ3n) is 2.31. The average Bonchev–Trinajstić information content (AvgIpc) is 2.79. The van der Waals surface area contributed by atoms with Gasteiger partial charge in [-0.05, 0) is 6.92 Å². The molecule has 0 spiro atoms. The van der Waals surface area contributed by atoms with Gasteiger partial charge in [-0.2, -0.15) is 5.10 Å². The Morgan fingerprint density at radius 2 is 2.16 bits per heavy atom. The number of ether oxygens (including phenoxy) is 1. The van der Waals surface area contributed by atoms with E-state index in [1.807, 2.05) is 20.8 Å². The Morgan fingerprint density at radius 1 is 1.42 bits per heavy atom. The SMILES string of the molecule is CCOC(=O)CO/N=C(\Cn1cncn1)C(C)(C)C. The van der Waals surface area contributed by atoms with Gasteiger partial charge in [-0.1, -0.05) is 25.9 Å². The van der Waals surface area contributed by atoms with Crippen LogP contribution in [0.5, 0.6) is 0 Å². The van der Waals surface area contributed by atoms with Gasteiger partial charge in [-0.3, -0.25) is 0 Å². The van der Waals surface area contributed by atoms with Crippen molar-refractivity contribution in [3.05, 3.63) is 12.7 Å². The molecule has 106 valence electrons. The van der Waals surface area contributed by atoms with Gasteiger partial charge in [0.1, 0.15) is 12.7 Å². The van der Waals surface area contributed by atoms with Crippen molar-refractivity contribution in [2.45, 2.75) is 34.2 Å². The molecule has 0 fully saturated rings. The van der Waals surface area contributed by atoms with Gasteiger partial charge in [0.2, 0.25) is 6.61 Å². The maximum absolute atomic E-state index is 11.1. The summed E-state index contributed by atoms with van der Waals surface area (Å²) in [5.74, 6) is -0.430. The van der Waals surface area contributed by atoms with E-state index in [1.54, 1.807) is 17.9 Å². The molecule has 0 unspecified atom stereocenters. The van der Waals surface area contributed by atoms with Crippen LogP contribution in [0.3, 0.4) is 0 Å². The van der Waals surface area contributed by atoms with Gasteiger partial charge in [-0.25, -0.2) is 14.5 Å². The first kappa shape index (κ1) is 15.1. The Kier molecular flexibility index (Phi) is 5.47. The lowest BCUT2D eigenvalue weighted by atomic mass is 9.90. The summed E-state index contributed by atoms with van der Waals surface area (Å²) in [7, 11) is 0. The Balaban J connectivity index is 2.61. The van der Waals surface area contributed by atoms with Crippen molar-refractivity contribution < 1.29 is 14.4 Å². The summed E-state index contributed by atoms with van der Waals surface area (Å²) in [6, 6.07) is 0. The second-order valence-corrected chi connectivity index (χ2v) is 4.96. The summed E-state index contributed by atoms with van der Waals surface area (Å²) in [4.78, 5) is 20.1. The molecule has 0 aliphatic carbocycles. The van der Waals surface area contributed by atoms with E-state index in [4.69, 9.17) is 9.57 Å². The zero-order valence-corrected chi connectivity index (χ0v) is 11.8. The fourth-order valence-corrected chi connectivity index (χ4v) is 1.24. The van der Waals surface area contributed by atoms with Gasteiger partial charge in [0.15, 0.2) is 0 Å². The van der Waals surface area contributed by atoms with E-state index in [1.165, 1.54) is 6.33 Å². The molecular formula is C12H20N4O3. The molecule has 7 nitrogen and oxygen atoms in total. The van der Waals surface area contributed by atoms with E-state index in [2.05, 4.69) is 15.2 Å². The van der Waals surface area contributed by atoms with Gasteiger partial charge in [-0.15, -0.1) is 0 Å². The summed E-state index contributed by atoms with van der Waals surface area (Å²) in [5.41, 5.74) is 0.572. The number of esters is 1. The largest absolute Gasteiger partial charge is 0.463 e. The van der Waals surface area contributed by atoms with Crippen molar-refractivity contribution in [3.63, 3.8) is 0 Å². The minimum absolute atomic E-state index is 0.190. The maximum Gasteiger partial charge on any atom is 0.347 e. The Labute approximate surface area is 112 Å². The van der Waals surface area contributed by atoms with Crippen LogP contribution in [0.25, 0.3) is 0 Å². The number of rotatable bonds is 6. The van der Waals surface area contributed by atoms with Gasteiger partial charge < -0.3 is 9.57 Å². The van der Waals surface area contributed by atoms with Crippen LogP contribution in [-0.4, -0.2) is 39.7 Å². The first-order valence-corrected chi connectivity index (χ1v) is 6.11. The van der Waals surface area contributed by atoms with Crippen LogP contribution in [0.2, 0.25) is 0 Å². The summed E-state index contributed by atoms with van der Waals surface area (Å²) in [6.45, 7) is 8.38. The minimum atomic E-state index is -0.430. The lowest BCUT2D eigenvalue weighted by Gasteiger charge is -2.20. The molecule has 0 saturated heterocycles. The second kappa shape index (κ2) is 6.86. The van der Waals surface area contributed by atoms with E-state index in [0.717, 1.165) is 5.71 Å². The third-order valence-corrected chi connectivity index (χ3v) is 2.31. The molecule has 0 atom stereocenters. The summed E-state index contributed by atoms with van der Waals surface area (Å²) in [5, 5.41) is 8.04. The Bertz CT molecular complexity index is 421. The summed E-state index contributed by atoms with van der Waals surface area (Å²) < 4.78 is 6.41. The lowest BCUT2D eigenvalue weighted by Crippen LogP contribution is -2.26. The van der Waals surface area contributed by atoms with Crippen molar-refractivity contribution in [2.75, 3.05) is 13.2 Å². The molecule has 1 aromatic heterocycles. The lowest BCUT2D eigenvalue weighted by molar-refractivity contribution is -0.148. The molecule has 19 heavy (non-hydrogen) atoms. The number of hydrogen-bond donors (Lipinski definition) is 0. The molecule has 7 heteroatoms. The molecule has 0 aliphatic heterocycles. The normalized spacial score (nSPS) is 12.3. The number of carbonyl (C=O) groups is 1. The molecule has 0 radical (unpaired) electrons. The van der Waals surface area contributed by atoms with Gasteiger partial charge in [0.05, 0.1) is 18.9 Å². The molecule has 0 N–H and O–H groups in total. The smallest absolute Gasteiger partial charge is 0.347 e. The molecule has 1 rings (SSSR count). The Morgan fingerprint density at radius 3 is 2.68 bits per heavy atom. The van der Waals surface area contributed by atoms with Crippen molar-refractivity contribution >= 4 is 11.7 Å². The highest BCUT2D eigenvalue weighted by atomic mass is 16.7. The zero-order chi connectivity index (χ0) is 14.3. The molecule has 0 saturated carbocycles. The van der Waals surface area contributed by atoms with Gasteiger partial charge in [0.25, 0.3) is 0 Å². The zero-order valence-electron chi connectivity index (χ0n) is 11.8. The van der Waals surface area contributed by atoms with Crippen molar-refractivity contribution in [1.82, 2.24) is 14.8 Å². The molecule has 0 aliphatic rings. The number of oxime groups is 1. The maximum atomic E-state index is 11.1. The standard InChI is InChI=1S/C12H20N4O3/c1-5-18-11(17)7-19-15-10(12(2,3)4)6-16-9-13-8-14-16/h8-9H,5-7H2,1-4H3/b15-10+. The molecule has 0 aromatic carbocycles. The highest BCUT2D eigenvalue weighted by Gasteiger charge is 2.21. The van der Waals surface area contributed by atoms with Crippen LogP contribution in [-0.2, 0) is 20.9 Å². The first-order chi connectivity index (χ1) is 8.93. The molecule has 1 aromatic rings. The van der Waals surface area contributed by atoms with Crippen molar-refractivity contribution in [3.8, 4) is 0 Å². The summed E-state index contributed by atoms with van der Waals surface area (Å²) >= 11 is 0. The predicted octanol–water partition coefficient (Wildman–Crippen LogP) is 1.26. The van der Waals surface area contributed by atoms with E-state index < -0.39 is 5.97 Å².